The summed E-state index contributed by atoms with van der Waals surface area (Å²) in [7, 11) is 0. The summed E-state index contributed by atoms with van der Waals surface area (Å²) in [5.41, 5.74) is 20.6. The van der Waals surface area contributed by atoms with E-state index in [1.165, 1.54) is 152 Å². The zero-order chi connectivity index (χ0) is 44.3. The Morgan fingerprint density at radius 1 is 0.403 bits per heavy atom. The van der Waals surface area contributed by atoms with Gasteiger partial charge in [0.05, 0.1) is 0 Å². The Bertz CT molecular complexity index is 3250. The highest BCUT2D eigenvalue weighted by Crippen LogP contribution is 2.62. The summed E-state index contributed by atoms with van der Waals surface area (Å²) in [4.78, 5) is 0. The van der Waals surface area contributed by atoms with Crippen molar-refractivity contribution >= 4 is 10.8 Å². The van der Waals surface area contributed by atoms with Gasteiger partial charge in [0.15, 0.2) is 0 Å². The van der Waals surface area contributed by atoms with Crippen LogP contribution in [0.5, 0.6) is 0 Å². The Hall–Kier alpha value is -6.76. The third-order valence-electron chi connectivity index (χ3n) is 17.0. The molecule has 5 unspecified atom stereocenters. The molecule has 0 heteroatoms. The molecule has 13 rings (SSSR count). The molecule has 9 aromatic rings. The van der Waals surface area contributed by atoms with Crippen LogP contribution in [0.25, 0.3) is 44.2 Å². The molecule has 0 heterocycles. The van der Waals surface area contributed by atoms with Crippen molar-refractivity contribution in [3.8, 4) is 33.4 Å². The predicted molar refractivity (Wildman–Crippen MR) is 280 cm³/mol. The molecule has 2 fully saturated rings. The molecule has 67 heavy (non-hydrogen) atoms. The average molecular weight is 863 g/mol. The minimum Gasteiger partial charge on any atom is -0.0622 e. The van der Waals surface area contributed by atoms with Gasteiger partial charge in [-0.15, -0.1) is 0 Å². The molecule has 0 amide bonds. The molecule has 4 aliphatic rings. The van der Waals surface area contributed by atoms with Gasteiger partial charge in [0, 0.05) is 17.3 Å². The maximum atomic E-state index is 2.71. The minimum absolute atomic E-state index is 0.0474. The second-order valence-corrected chi connectivity index (χ2v) is 20.3. The van der Waals surface area contributed by atoms with Crippen molar-refractivity contribution in [1.29, 1.82) is 0 Å². The van der Waals surface area contributed by atoms with Crippen LogP contribution in [0.1, 0.15) is 120 Å². The molecule has 2 saturated carbocycles. The second kappa shape index (κ2) is 16.8. The highest BCUT2D eigenvalue weighted by atomic mass is 14.6. The molecule has 4 aliphatic carbocycles. The Balaban J connectivity index is 1.02. The number of rotatable bonds is 8. The summed E-state index contributed by atoms with van der Waals surface area (Å²) in [5.74, 6) is 2.21. The van der Waals surface area contributed by atoms with E-state index in [-0.39, 0.29) is 17.3 Å². The molecule has 326 valence electrons. The van der Waals surface area contributed by atoms with E-state index in [0.29, 0.717) is 11.8 Å². The summed E-state index contributed by atoms with van der Waals surface area (Å²) >= 11 is 0. The Morgan fingerprint density at radius 3 is 1.88 bits per heavy atom. The molecule has 0 N–H and O–H groups in total. The lowest BCUT2D eigenvalue weighted by molar-refractivity contribution is 0.0953. The molecule has 0 spiro atoms. The van der Waals surface area contributed by atoms with Crippen LogP contribution in [0.4, 0.5) is 0 Å². The monoisotopic (exact) mass is 862 g/mol. The van der Waals surface area contributed by atoms with E-state index in [4.69, 9.17) is 0 Å². The summed E-state index contributed by atoms with van der Waals surface area (Å²) in [5, 5.41) is 2.64. The molecule has 0 saturated heterocycles. The second-order valence-electron chi connectivity index (χ2n) is 20.3. The van der Waals surface area contributed by atoms with Gasteiger partial charge in [-0.2, -0.15) is 0 Å². The molecule has 5 atom stereocenters. The van der Waals surface area contributed by atoms with E-state index in [2.05, 4.69) is 212 Å². The summed E-state index contributed by atoms with van der Waals surface area (Å²) in [6, 6.07) is 82.0. The largest absolute Gasteiger partial charge is 0.0622 e. The predicted octanol–water partition coefficient (Wildman–Crippen LogP) is 17.5. The van der Waals surface area contributed by atoms with Gasteiger partial charge in [-0.05, 0) is 125 Å². The first kappa shape index (κ1) is 40.5. The fourth-order valence-electron chi connectivity index (χ4n) is 14.3. The van der Waals surface area contributed by atoms with Gasteiger partial charge >= 0.3 is 0 Å². The quantitative estimate of drug-likeness (QED) is 0.134. The van der Waals surface area contributed by atoms with Crippen LogP contribution in [0.15, 0.2) is 212 Å². The van der Waals surface area contributed by atoms with Gasteiger partial charge in [-0.25, -0.2) is 0 Å². The van der Waals surface area contributed by atoms with Gasteiger partial charge in [0.25, 0.3) is 0 Å². The van der Waals surface area contributed by atoms with Crippen LogP contribution in [0.3, 0.4) is 0 Å². The third-order valence-corrected chi connectivity index (χ3v) is 17.0. The molecular formula is C67H58. The van der Waals surface area contributed by atoms with E-state index in [1.807, 2.05) is 0 Å². The highest BCUT2D eigenvalue weighted by Gasteiger charge is 2.54. The van der Waals surface area contributed by atoms with E-state index in [9.17, 15) is 0 Å². The maximum Gasteiger partial charge on any atom is 0.0494 e. The average Bonchev–Trinajstić information content (AvgIpc) is 3.90. The van der Waals surface area contributed by atoms with Crippen LogP contribution >= 0.6 is 0 Å². The van der Waals surface area contributed by atoms with Crippen LogP contribution in [0.2, 0.25) is 0 Å². The van der Waals surface area contributed by atoms with E-state index in [1.54, 1.807) is 0 Å². The first-order valence-corrected chi connectivity index (χ1v) is 25.4. The number of hydrogen-bond acceptors (Lipinski definition) is 0. The zero-order valence-electron chi connectivity index (χ0n) is 38.5. The lowest BCUT2D eigenvalue weighted by Crippen LogP contribution is -2.44. The SMILES string of the molecule is c1ccc(-c2cccc(C3c4cc(C(c5ccccc5)c5ccc6c(c5)C(c5ccccc5)(C5CCCCC5C5CCCCC5)c5ccccc5-6)ccc4-c4ccc5ccccc5c43)c2)cc1. The molecule has 0 aliphatic heterocycles. The number of benzene rings is 9. The summed E-state index contributed by atoms with van der Waals surface area (Å²) < 4.78 is 0. The van der Waals surface area contributed by atoms with Crippen molar-refractivity contribution in [3.63, 3.8) is 0 Å². The molecule has 0 nitrogen and oxygen atoms in total. The minimum atomic E-state index is -0.220. The van der Waals surface area contributed by atoms with Gasteiger partial charge in [0.1, 0.15) is 0 Å². The fourth-order valence-corrected chi connectivity index (χ4v) is 14.3. The first-order valence-electron chi connectivity index (χ1n) is 25.4. The van der Waals surface area contributed by atoms with Crippen LogP contribution in [-0.4, -0.2) is 0 Å². The smallest absolute Gasteiger partial charge is 0.0494 e. The third kappa shape index (κ3) is 6.62. The molecule has 9 aromatic carbocycles. The Morgan fingerprint density at radius 2 is 1.04 bits per heavy atom. The zero-order valence-corrected chi connectivity index (χ0v) is 38.5. The van der Waals surface area contributed by atoms with Crippen LogP contribution in [-0.2, 0) is 5.41 Å². The first-order chi connectivity index (χ1) is 33.3. The van der Waals surface area contributed by atoms with Crippen molar-refractivity contribution in [1.82, 2.24) is 0 Å². The summed E-state index contributed by atoms with van der Waals surface area (Å²) in [6.07, 6.45) is 12.3. The standard InChI is InChI=1S/C67H58/c1-5-20-45(21-6-1)49-27-19-28-50(42-49)65-60-43-51(37-39-56(60)59-41-36-47-24-13-14-32-55(47)66(59)65)64(48-25-9-3-10-26-48)52-38-40-58-57-33-16-18-35-62(57)67(63(58)44-52,53-29-11-4-12-30-53)61-34-17-15-31-54(61)46-22-7-2-8-23-46/h1,3-6,9-14,16,18-21,24-30,32-33,35-44,46,54,61,64-65H,2,7-8,15,17,22-23,31,34H2. The van der Waals surface area contributed by atoms with Crippen LogP contribution < -0.4 is 0 Å². The van der Waals surface area contributed by atoms with E-state index >= 15 is 0 Å². The summed E-state index contributed by atoms with van der Waals surface area (Å²) in [6.45, 7) is 0. The number of hydrogen-bond donors (Lipinski definition) is 0. The molecule has 0 bridgehead atoms. The normalized spacial score (nSPS) is 21.3. The van der Waals surface area contributed by atoms with Gasteiger partial charge in [0.2, 0.25) is 0 Å². The fraction of sp³-hybridized carbons (Fsp3) is 0.224. The Labute approximate surface area is 397 Å². The van der Waals surface area contributed by atoms with Crippen molar-refractivity contribution in [2.24, 2.45) is 17.8 Å². The highest BCUT2D eigenvalue weighted by molar-refractivity contribution is 5.97. The lowest BCUT2D eigenvalue weighted by atomic mass is 9.53. The van der Waals surface area contributed by atoms with Gasteiger partial charge in [-0.3, -0.25) is 0 Å². The van der Waals surface area contributed by atoms with E-state index < -0.39 is 0 Å². The van der Waals surface area contributed by atoms with Crippen molar-refractivity contribution in [2.75, 3.05) is 0 Å². The molecule has 0 radical (unpaired) electrons. The Kier molecular flexibility index (Phi) is 10.2. The maximum absolute atomic E-state index is 2.71. The van der Waals surface area contributed by atoms with E-state index in [0.717, 1.165) is 5.92 Å². The molecular weight excluding hydrogens is 805 g/mol. The van der Waals surface area contributed by atoms with Crippen molar-refractivity contribution < 1.29 is 0 Å². The number of fused-ring (bicyclic) bond motifs is 8. The van der Waals surface area contributed by atoms with Gasteiger partial charge in [-0.1, -0.05) is 257 Å². The van der Waals surface area contributed by atoms with Gasteiger partial charge < -0.3 is 0 Å². The van der Waals surface area contributed by atoms with Crippen LogP contribution in [0, 0.1) is 17.8 Å². The van der Waals surface area contributed by atoms with Crippen molar-refractivity contribution in [3.05, 3.63) is 262 Å². The lowest BCUT2D eigenvalue weighted by Gasteiger charge is -2.49. The molecule has 0 aromatic heterocycles. The topological polar surface area (TPSA) is 0 Å². The van der Waals surface area contributed by atoms with Crippen molar-refractivity contribution in [2.45, 2.75) is 75.0 Å².